The van der Waals surface area contributed by atoms with E-state index in [4.69, 9.17) is 19.9 Å². The number of nitrogens with two attached hydrogens (primary N) is 1. The van der Waals surface area contributed by atoms with E-state index in [1.807, 2.05) is 0 Å². The molecule has 0 heterocycles. The van der Waals surface area contributed by atoms with Crippen LogP contribution in [0.5, 0.6) is 5.75 Å². The molecule has 1 aromatic carbocycles. The number of amides is 1. The highest BCUT2D eigenvalue weighted by molar-refractivity contribution is 5.87. The molecule has 0 saturated carbocycles. The molecule has 3 N–H and O–H groups in total. The average molecular weight is 282 g/mol. The number of methoxy groups -OCH3 is 1. The van der Waals surface area contributed by atoms with Crippen molar-refractivity contribution in [3.05, 3.63) is 18.2 Å². The summed E-state index contributed by atoms with van der Waals surface area (Å²) in [6.07, 6.45) is -0.556. The highest BCUT2D eigenvalue weighted by Crippen LogP contribution is 2.27. The normalized spacial score (nSPS) is 11.0. The molecule has 0 aromatic heterocycles. The molecule has 0 aliphatic rings. The molecule has 1 rings (SSSR count). The average Bonchev–Trinajstić information content (AvgIpc) is 2.29. The number of nitrogen functional groups attached to an aromatic ring is 1. The largest absolute Gasteiger partial charge is 0.489 e. The molecule has 0 spiro atoms. The van der Waals surface area contributed by atoms with E-state index in [0.29, 0.717) is 30.3 Å². The molecule has 112 valence electrons. The minimum atomic E-state index is -0.568. The summed E-state index contributed by atoms with van der Waals surface area (Å²) in [5, 5.41) is 2.63. The lowest BCUT2D eigenvalue weighted by Gasteiger charge is -2.20. The van der Waals surface area contributed by atoms with Crippen LogP contribution in [0.3, 0.4) is 0 Å². The van der Waals surface area contributed by atoms with Crippen LogP contribution < -0.4 is 15.8 Å². The zero-order valence-electron chi connectivity index (χ0n) is 12.4. The Morgan fingerprint density at radius 3 is 2.60 bits per heavy atom. The Morgan fingerprint density at radius 2 is 2.00 bits per heavy atom. The van der Waals surface area contributed by atoms with Crippen molar-refractivity contribution in [3.63, 3.8) is 0 Å². The molecule has 6 nitrogen and oxygen atoms in total. The van der Waals surface area contributed by atoms with Gasteiger partial charge >= 0.3 is 6.09 Å². The highest BCUT2D eigenvalue weighted by atomic mass is 16.6. The van der Waals surface area contributed by atoms with Crippen LogP contribution in [-0.4, -0.2) is 32.0 Å². The van der Waals surface area contributed by atoms with Crippen LogP contribution in [0, 0.1) is 0 Å². The summed E-state index contributed by atoms with van der Waals surface area (Å²) in [6, 6.07) is 5.01. The van der Waals surface area contributed by atoms with Gasteiger partial charge in [0, 0.05) is 12.8 Å². The maximum absolute atomic E-state index is 11.8. The molecule has 0 atom stereocenters. The van der Waals surface area contributed by atoms with Gasteiger partial charge in [-0.3, -0.25) is 5.32 Å². The monoisotopic (exact) mass is 282 g/mol. The van der Waals surface area contributed by atoms with Crippen LogP contribution >= 0.6 is 0 Å². The standard InChI is InChI=1S/C14H22N2O4/c1-14(2,3)20-13(17)16-11-9-10(15)5-6-12(11)19-8-7-18-4/h5-6,9H,7-8,15H2,1-4H3,(H,16,17). The van der Waals surface area contributed by atoms with Crippen LogP contribution in [-0.2, 0) is 9.47 Å². The predicted molar refractivity (Wildman–Crippen MR) is 78.1 cm³/mol. The van der Waals surface area contributed by atoms with Crippen molar-refractivity contribution in [1.82, 2.24) is 0 Å². The van der Waals surface area contributed by atoms with Crippen molar-refractivity contribution in [3.8, 4) is 5.75 Å². The van der Waals surface area contributed by atoms with Crippen LogP contribution in [0.1, 0.15) is 20.8 Å². The van der Waals surface area contributed by atoms with E-state index in [2.05, 4.69) is 5.32 Å². The SMILES string of the molecule is COCCOc1ccc(N)cc1NC(=O)OC(C)(C)C. The van der Waals surface area contributed by atoms with E-state index < -0.39 is 11.7 Å². The Hall–Kier alpha value is -1.95. The lowest BCUT2D eigenvalue weighted by molar-refractivity contribution is 0.0635. The minimum Gasteiger partial charge on any atom is -0.489 e. The summed E-state index contributed by atoms with van der Waals surface area (Å²) in [4.78, 5) is 11.8. The van der Waals surface area contributed by atoms with Gasteiger partial charge in [-0.2, -0.15) is 0 Å². The van der Waals surface area contributed by atoms with Gasteiger partial charge in [0.05, 0.1) is 12.3 Å². The first-order chi connectivity index (χ1) is 9.31. The van der Waals surface area contributed by atoms with E-state index in [1.165, 1.54) is 0 Å². The van der Waals surface area contributed by atoms with Gasteiger partial charge < -0.3 is 19.9 Å². The second kappa shape index (κ2) is 7.00. The first-order valence-corrected chi connectivity index (χ1v) is 6.33. The minimum absolute atomic E-state index is 0.378. The van der Waals surface area contributed by atoms with Gasteiger partial charge in [-0.1, -0.05) is 0 Å². The Balaban J connectivity index is 2.76. The van der Waals surface area contributed by atoms with Crippen molar-refractivity contribution < 1.29 is 19.0 Å². The summed E-state index contributed by atoms with van der Waals surface area (Å²) >= 11 is 0. The van der Waals surface area contributed by atoms with E-state index in [-0.39, 0.29) is 0 Å². The molecular formula is C14H22N2O4. The predicted octanol–water partition coefficient (Wildman–Crippen LogP) is 2.64. The number of ether oxygens (including phenoxy) is 3. The molecule has 0 saturated heterocycles. The molecule has 0 fully saturated rings. The number of hydrogen-bond acceptors (Lipinski definition) is 5. The highest BCUT2D eigenvalue weighted by Gasteiger charge is 2.17. The number of benzene rings is 1. The van der Waals surface area contributed by atoms with Gasteiger partial charge in [0.15, 0.2) is 0 Å². The van der Waals surface area contributed by atoms with Gasteiger partial charge in [-0.15, -0.1) is 0 Å². The third-order valence-electron chi connectivity index (χ3n) is 2.18. The number of rotatable bonds is 5. The fraction of sp³-hybridized carbons (Fsp3) is 0.500. The number of nitrogens with one attached hydrogen (secondary N) is 1. The van der Waals surface area contributed by atoms with E-state index in [9.17, 15) is 4.79 Å². The zero-order chi connectivity index (χ0) is 15.2. The Bertz CT molecular complexity index is 455. The molecule has 6 heteroatoms. The molecule has 20 heavy (non-hydrogen) atoms. The fourth-order valence-corrected chi connectivity index (χ4v) is 1.42. The second-order valence-electron chi connectivity index (χ2n) is 5.22. The second-order valence-corrected chi connectivity index (χ2v) is 5.22. The molecule has 0 aliphatic heterocycles. The van der Waals surface area contributed by atoms with E-state index in [0.717, 1.165) is 0 Å². The lowest BCUT2D eigenvalue weighted by atomic mass is 10.2. The Kier molecular flexibility index (Phi) is 5.64. The van der Waals surface area contributed by atoms with Gasteiger partial charge in [0.1, 0.15) is 18.0 Å². The summed E-state index contributed by atoms with van der Waals surface area (Å²) in [5.41, 5.74) is 6.14. The topological polar surface area (TPSA) is 82.8 Å². The quantitative estimate of drug-likeness (QED) is 0.641. The van der Waals surface area contributed by atoms with Crippen molar-refractivity contribution in [2.24, 2.45) is 0 Å². The van der Waals surface area contributed by atoms with Crippen molar-refractivity contribution >= 4 is 17.5 Å². The maximum Gasteiger partial charge on any atom is 0.412 e. The summed E-state index contributed by atoms with van der Waals surface area (Å²) < 4.78 is 15.6. The fourth-order valence-electron chi connectivity index (χ4n) is 1.42. The first kappa shape index (κ1) is 16.1. The summed E-state index contributed by atoms with van der Waals surface area (Å²) in [5.74, 6) is 0.516. The smallest absolute Gasteiger partial charge is 0.412 e. The zero-order valence-corrected chi connectivity index (χ0v) is 12.4. The van der Waals surface area contributed by atoms with Crippen LogP contribution in [0.25, 0.3) is 0 Å². The number of hydrogen-bond donors (Lipinski definition) is 2. The lowest BCUT2D eigenvalue weighted by Crippen LogP contribution is -2.27. The maximum atomic E-state index is 11.8. The number of anilines is 2. The molecular weight excluding hydrogens is 260 g/mol. The van der Waals surface area contributed by atoms with Crippen molar-refractivity contribution in [1.29, 1.82) is 0 Å². The molecule has 1 amide bonds. The van der Waals surface area contributed by atoms with Gasteiger partial charge in [-0.05, 0) is 39.0 Å². The van der Waals surface area contributed by atoms with E-state index in [1.54, 1.807) is 46.1 Å². The molecule has 0 bridgehead atoms. The van der Waals surface area contributed by atoms with Crippen molar-refractivity contribution in [2.75, 3.05) is 31.4 Å². The number of carbonyl (C=O) groups is 1. The summed E-state index contributed by atoms with van der Waals surface area (Å²) in [6.45, 7) is 6.21. The summed E-state index contributed by atoms with van der Waals surface area (Å²) in [7, 11) is 1.59. The van der Waals surface area contributed by atoms with Gasteiger partial charge in [0.2, 0.25) is 0 Å². The molecule has 0 aliphatic carbocycles. The van der Waals surface area contributed by atoms with E-state index >= 15 is 0 Å². The third-order valence-corrected chi connectivity index (χ3v) is 2.18. The van der Waals surface area contributed by atoms with Gasteiger partial charge in [0.25, 0.3) is 0 Å². The number of carbonyl (C=O) groups excluding carboxylic acids is 1. The molecule has 0 radical (unpaired) electrons. The van der Waals surface area contributed by atoms with Gasteiger partial charge in [-0.25, -0.2) is 4.79 Å². The van der Waals surface area contributed by atoms with Crippen LogP contribution in [0.15, 0.2) is 18.2 Å². The molecule has 0 unspecified atom stereocenters. The van der Waals surface area contributed by atoms with Crippen LogP contribution in [0.2, 0.25) is 0 Å². The first-order valence-electron chi connectivity index (χ1n) is 6.33. The third kappa shape index (κ3) is 5.79. The Labute approximate surface area is 119 Å². The van der Waals surface area contributed by atoms with Crippen LogP contribution in [0.4, 0.5) is 16.2 Å². The molecule has 1 aromatic rings. The Morgan fingerprint density at radius 1 is 1.30 bits per heavy atom. The van der Waals surface area contributed by atoms with Crippen molar-refractivity contribution in [2.45, 2.75) is 26.4 Å².